The number of carbonyl (C=O) groups is 1. The summed E-state index contributed by atoms with van der Waals surface area (Å²) in [6.45, 7) is 4.71. The summed E-state index contributed by atoms with van der Waals surface area (Å²) in [5, 5.41) is 11.1. The normalized spacial score (nSPS) is 19.8. The number of anilines is 1. The molecular formula is C19H21N3O3. The van der Waals surface area contributed by atoms with Gasteiger partial charge in [-0.05, 0) is 43.5 Å². The van der Waals surface area contributed by atoms with Crippen LogP contribution in [0, 0.1) is 17.0 Å². The van der Waals surface area contributed by atoms with Crippen LogP contribution in [0.25, 0.3) is 0 Å². The van der Waals surface area contributed by atoms with Crippen LogP contribution in [0.5, 0.6) is 0 Å². The van der Waals surface area contributed by atoms with Crippen LogP contribution in [0.2, 0.25) is 0 Å². The van der Waals surface area contributed by atoms with Gasteiger partial charge in [0, 0.05) is 30.1 Å². The Kier molecular flexibility index (Phi) is 4.44. The molecule has 1 heterocycles. The lowest BCUT2D eigenvalue weighted by atomic mass is 9.93. The monoisotopic (exact) mass is 339 g/mol. The van der Waals surface area contributed by atoms with Gasteiger partial charge in [-0.25, -0.2) is 0 Å². The number of benzene rings is 2. The van der Waals surface area contributed by atoms with E-state index >= 15 is 0 Å². The minimum Gasteiger partial charge on any atom is -0.393 e. The molecule has 1 fully saturated rings. The molecule has 2 aromatic carbocycles. The van der Waals surface area contributed by atoms with Gasteiger partial charge in [0.1, 0.15) is 5.69 Å². The SMILES string of the molecule is Cc1ccccc1C1CC(C)N(C(=O)c2ccc(N)c([N+](=O)[O-])c2)C1. The first-order chi connectivity index (χ1) is 11.9. The summed E-state index contributed by atoms with van der Waals surface area (Å²) >= 11 is 0. The van der Waals surface area contributed by atoms with E-state index in [1.165, 1.54) is 23.3 Å². The number of nitro groups is 1. The second-order valence-corrected chi connectivity index (χ2v) is 6.63. The highest BCUT2D eigenvalue weighted by Crippen LogP contribution is 2.34. The molecule has 0 bridgehead atoms. The largest absolute Gasteiger partial charge is 0.393 e. The van der Waals surface area contributed by atoms with Gasteiger partial charge in [-0.2, -0.15) is 0 Å². The molecule has 2 N–H and O–H groups in total. The quantitative estimate of drug-likeness (QED) is 0.526. The Morgan fingerprint density at radius 3 is 2.68 bits per heavy atom. The zero-order chi connectivity index (χ0) is 18.1. The van der Waals surface area contributed by atoms with Crippen molar-refractivity contribution >= 4 is 17.3 Å². The molecule has 1 saturated heterocycles. The molecule has 2 unspecified atom stereocenters. The predicted molar refractivity (Wildman–Crippen MR) is 96.5 cm³/mol. The van der Waals surface area contributed by atoms with Crippen molar-refractivity contribution in [1.29, 1.82) is 0 Å². The minimum atomic E-state index is -0.560. The van der Waals surface area contributed by atoms with Crippen LogP contribution in [0.1, 0.15) is 40.7 Å². The lowest BCUT2D eigenvalue weighted by Gasteiger charge is -2.21. The van der Waals surface area contributed by atoms with Crippen LogP contribution in [-0.4, -0.2) is 28.3 Å². The van der Waals surface area contributed by atoms with Crippen LogP contribution < -0.4 is 5.73 Å². The van der Waals surface area contributed by atoms with Crippen molar-refractivity contribution in [3.63, 3.8) is 0 Å². The number of rotatable bonds is 3. The molecule has 130 valence electrons. The number of hydrogen-bond donors (Lipinski definition) is 1. The Balaban J connectivity index is 1.85. The predicted octanol–water partition coefficient (Wildman–Crippen LogP) is 3.50. The first-order valence-electron chi connectivity index (χ1n) is 8.29. The third kappa shape index (κ3) is 3.20. The van der Waals surface area contributed by atoms with E-state index < -0.39 is 4.92 Å². The number of nitrogens with zero attached hydrogens (tertiary/aromatic N) is 2. The van der Waals surface area contributed by atoms with E-state index in [4.69, 9.17) is 5.73 Å². The lowest BCUT2D eigenvalue weighted by Crippen LogP contribution is -2.34. The van der Waals surface area contributed by atoms with Gasteiger partial charge in [0.2, 0.25) is 0 Å². The molecule has 0 saturated carbocycles. The number of hydrogen-bond acceptors (Lipinski definition) is 4. The number of nitrogen functional groups attached to an aromatic ring is 1. The molecule has 2 aromatic rings. The van der Waals surface area contributed by atoms with Gasteiger partial charge in [-0.1, -0.05) is 24.3 Å². The van der Waals surface area contributed by atoms with E-state index in [1.807, 2.05) is 19.1 Å². The van der Waals surface area contributed by atoms with Crippen molar-refractivity contribution in [2.24, 2.45) is 0 Å². The van der Waals surface area contributed by atoms with Gasteiger partial charge >= 0.3 is 0 Å². The number of likely N-dealkylation sites (tertiary alicyclic amines) is 1. The maximum atomic E-state index is 12.9. The molecule has 1 amide bonds. The molecule has 1 aliphatic heterocycles. The van der Waals surface area contributed by atoms with Gasteiger partial charge in [0.05, 0.1) is 4.92 Å². The van der Waals surface area contributed by atoms with E-state index in [0.717, 1.165) is 6.42 Å². The van der Waals surface area contributed by atoms with Crippen LogP contribution in [0.15, 0.2) is 42.5 Å². The average Bonchev–Trinajstić information content (AvgIpc) is 2.96. The maximum absolute atomic E-state index is 12.9. The number of amides is 1. The molecule has 0 radical (unpaired) electrons. The van der Waals surface area contributed by atoms with Crippen molar-refractivity contribution in [3.8, 4) is 0 Å². The van der Waals surface area contributed by atoms with Crippen LogP contribution >= 0.6 is 0 Å². The first kappa shape index (κ1) is 17.0. The van der Waals surface area contributed by atoms with E-state index in [2.05, 4.69) is 19.1 Å². The van der Waals surface area contributed by atoms with Crippen LogP contribution in [-0.2, 0) is 0 Å². The Morgan fingerprint density at radius 1 is 1.28 bits per heavy atom. The van der Waals surface area contributed by atoms with Crippen molar-refractivity contribution in [2.45, 2.75) is 32.2 Å². The Morgan fingerprint density at radius 2 is 2.00 bits per heavy atom. The number of aryl methyl sites for hydroxylation is 1. The molecule has 25 heavy (non-hydrogen) atoms. The Bertz CT molecular complexity index is 834. The van der Waals surface area contributed by atoms with E-state index in [-0.39, 0.29) is 29.2 Å². The van der Waals surface area contributed by atoms with Gasteiger partial charge < -0.3 is 10.6 Å². The summed E-state index contributed by atoms with van der Waals surface area (Å²) in [4.78, 5) is 25.2. The summed E-state index contributed by atoms with van der Waals surface area (Å²) in [5.74, 6) is 0.0931. The summed E-state index contributed by atoms with van der Waals surface area (Å²) in [5.41, 5.74) is 8.24. The number of nitrogens with two attached hydrogens (primary N) is 1. The van der Waals surface area contributed by atoms with Gasteiger partial charge in [-0.15, -0.1) is 0 Å². The highest BCUT2D eigenvalue weighted by atomic mass is 16.6. The second-order valence-electron chi connectivity index (χ2n) is 6.63. The molecule has 0 aliphatic carbocycles. The van der Waals surface area contributed by atoms with Crippen LogP contribution in [0.3, 0.4) is 0 Å². The van der Waals surface area contributed by atoms with E-state index in [1.54, 1.807) is 11.0 Å². The van der Waals surface area contributed by atoms with Gasteiger partial charge in [0.25, 0.3) is 11.6 Å². The van der Waals surface area contributed by atoms with E-state index in [9.17, 15) is 14.9 Å². The fraction of sp³-hybridized carbons (Fsp3) is 0.316. The zero-order valence-electron chi connectivity index (χ0n) is 14.3. The van der Waals surface area contributed by atoms with Crippen molar-refractivity contribution in [3.05, 3.63) is 69.3 Å². The standard InChI is InChI=1S/C19H21N3O3/c1-12-5-3-4-6-16(12)15-9-13(2)21(11-15)19(23)14-7-8-17(20)18(10-14)22(24)25/h3-8,10,13,15H,9,11,20H2,1-2H3. The van der Waals surface area contributed by atoms with Gasteiger partial charge in [0.15, 0.2) is 0 Å². The van der Waals surface area contributed by atoms with Crippen molar-refractivity contribution in [2.75, 3.05) is 12.3 Å². The number of nitro benzene ring substituents is 1. The molecule has 6 nitrogen and oxygen atoms in total. The summed E-state index contributed by atoms with van der Waals surface area (Å²) in [6.07, 6.45) is 0.883. The highest BCUT2D eigenvalue weighted by Gasteiger charge is 2.34. The molecule has 0 spiro atoms. The fourth-order valence-corrected chi connectivity index (χ4v) is 3.58. The lowest BCUT2D eigenvalue weighted by molar-refractivity contribution is -0.383. The maximum Gasteiger partial charge on any atom is 0.292 e. The summed E-state index contributed by atoms with van der Waals surface area (Å²) < 4.78 is 0. The Hall–Kier alpha value is -2.89. The fourth-order valence-electron chi connectivity index (χ4n) is 3.58. The molecule has 3 rings (SSSR count). The third-order valence-electron chi connectivity index (χ3n) is 4.94. The van der Waals surface area contributed by atoms with Gasteiger partial charge in [-0.3, -0.25) is 14.9 Å². The molecular weight excluding hydrogens is 318 g/mol. The first-order valence-corrected chi connectivity index (χ1v) is 8.29. The topological polar surface area (TPSA) is 89.5 Å². The van der Waals surface area contributed by atoms with Crippen molar-refractivity contribution < 1.29 is 9.72 Å². The smallest absolute Gasteiger partial charge is 0.292 e. The second kappa shape index (κ2) is 6.55. The molecule has 0 aromatic heterocycles. The average molecular weight is 339 g/mol. The zero-order valence-corrected chi connectivity index (χ0v) is 14.3. The Labute approximate surface area is 146 Å². The summed E-state index contributed by atoms with van der Waals surface area (Å²) in [7, 11) is 0. The van der Waals surface area contributed by atoms with Crippen molar-refractivity contribution in [1.82, 2.24) is 4.90 Å². The third-order valence-corrected chi connectivity index (χ3v) is 4.94. The molecule has 6 heteroatoms. The highest BCUT2D eigenvalue weighted by molar-refractivity contribution is 5.96. The molecule has 2 atom stereocenters. The number of carbonyl (C=O) groups excluding carboxylic acids is 1. The van der Waals surface area contributed by atoms with Crippen LogP contribution in [0.4, 0.5) is 11.4 Å². The summed E-state index contributed by atoms with van der Waals surface area (Å²) in [6, 6.07) is 12.5. The van der Waals surface area contributed by atoms with E-state index in [0.29, 0.717) is 12.1 Å². The minimum absolute atomic E-state index is 0.0637. The molecule has 1 aliphatic rings.